The molecule has 0 aromatic heterocycles. The Bertz CT molecular complexity index is 500. The lowest BCUT2D eigenvalue weighted by Gasteiger charge is -2.22. The van der Waals surface area contributed by atoms with Crippen molar-refractivity contribution in [1.29, 1.82) is 0 Å². The van der Waals surface area contributed by atoms with Gasteiger partial charge >= 0.3 is 5.97 Å². The molecule has 6 nitrogen and oxygen atoms in total. The third kappa shape index (κ3) is 4.15. The van der Waals surface area contributed by atoms with E-state index in [1.807, 2.05) is 13.8 Å². The van der Waals surface area contributed by atoms with Crippen LogP contribution in [0.25, 0.3) is 0 Å². The topological polar surface area (TPSA) is 84.7 Å². The smallest absolute Gasteiger partial charge is 0.340 e. The number of nitrogens with zero attached hydrogens (tertiary/aromatic N) is 1. The van der Waals surface area contributed by atoms with Gasteiger partial charge in [0.2, 0.25) is 5.91 Å². The van der Waals surface area contributed by atoms with Crippen LogP contribution in [0.2, 0.25) is 0 Å². The number of nitrogen functional groups attached to an aromatic ring is 1. The first-order valence-corrected chi connectivity index (χ1v) is 6.33. The van der Waals surface area contributed by atoms with E-state index in [2.05, 4.69) is 5.32 Å². The maximum Gasteiger partial charge on any atom is 0.340 e. The van der Waals surface area contributed by atoms with Crippen molar-refractivity contribution < 1.29 is 14.3 Å². The summed E-state index contributed by atoms with van der Waals surface area (Å²) in [6.07, 6.45) is 0. The standard InChI is InChI=1S/C14H21N3O3/c1-9(2)16-13(18)8-17(3)12-6-5-10(15)7-11(12)14(19)20-4/h5-7,9H,8,15H2,1-4H3,(H,16,18). The number of nitrogens with one attached hydrogen (secondary N) is 1. The van der Waals surface area contributed by atoms with E-state index in [9.17, 15) is 9.59 Å². The predicted molar refractivity (Wildman–Crippen MR) is 78.7 cm³/mol. The van der Waals surface area contributed by atoms with Gasteiger partial charge < -0.3 is 20.7 Å². The molecule has 0 heterocycles. The van der Waals surface area contributed by atoms with E-state index in [0.717, 1.165) is 0 Å². The summed E-state index contributed by atoms with van der Waals surface area (Å²) in [6, 6.07) is 4.99. The molecule has 0 saturated heterocycles. The first-order chi connectivity index (χ1) is 9.35. The highest BCUT2D eigenvalue weighted by Crippen LogP contribution is 2.22. The number of carbonyl (C=O) groups is 2. The molecule has 0 aliphatic carbocycles. The number of hydrogen-bond donors (Lipinski definition) is 2. The Balaban J connectivity index is 2.95. The van der Waals surface area contributed by atoms with Gasteiger partial charge in [-0.15, -0.1) is 0 Å². The molecule has 0 spiro atoms. The van der Waals surface area contributed by atoms with E-state index in [0.29, 0.717) is 16.9 Å². The second kappa shape index (κ2) is 6.79. The minimum atomic E-state index is -0.483. The third-order valence-corrected chi connectivity index (χ3v) is 2.67. The molecule has 20 heavy (non-hydrogen) atoms. The van der Waals surface area contributed by atoms with Crippen molar-refractivity contribution in [3.63, 3.8) is 0 Å². The van der Waals surface area contributed by atoms with E-state index in [1.165, 1.54) is 13.2 Å². The molecule has 0 bridgehead atoms. The van der Waals surface area contributed by atoms with Crippen LogP contribution >= 0.6 is 0 Å². The maximum absolute atomic E-state index is 11.8. The molecule has 110 valence electrons. The Hall–Kier alpha value is -2.24. The second-order valence-corrected chi connectivity index (χ2v) is 4.85. The Morgan fingerprint density at radius 2 is 2.05 bits per heavy atom. The van der Waals surface area contributed by atoms with Crippen LogP contribution in [0.1, 0.15) is 24.2 Å². The minimum Gasteiger partial charge on any atom is -0.465 e. The van der Waals surface area contributed by atoms with Gasteiger partial charge in [0.25, 0.3) is 0 Å². The monoisotopic (exact) mass is 279 g/mol. The van der Waals surface area contributed by atoms with Crippen LogP contribution < -0.4 is 16.0 Å². The summed E-state index contributed by atoms with van der Waals surface area (Å²) in [4.78, 5) is 25.2. The highest BCUT2D eigenvalue weighted by atomic mass is 16.5. The quantitative estimate of drug-likeness (QED) is 0.621. The number of likely N-dealkylation sites (N-methyl/N-ethyl adjacent to an activating group) is 1. The zero-order valence-corrected chi connectivity index (χ0v) is 12.3. The van der Waals surface area contributed by atoms with Gasteiger partial charge in [0.1, 0.15) is 0 Å². The van der Waals surface area contributed by atoms with Gasteiger partial charge in [-0.25, -0.2) is 4.79 Å². The van der Waals surface area contributed by atoms with E-state index < -0.39 is 5.97 Å². The average molecular weight is 279 g/mol. The number of methoxy groups -OCH3 is 1. The number of carbonyl (C=O) groups excluding carboxylic acids is 2. The molecule has 0 atom stereocenters. The summed E-state index contributed by atoms with van der Waals surface area (Å²) < 4.78 is 4.73. The highest BCUT2D eigenvalue weighted by Gasteiger charge is 2.17. The molecule has 0 saturated carbocycles. The average Bonchev–Trinajstić information content (AvgIpc) is 2.36. The Morgan fingerprint density at radius 1 is 1.40 bits per heavy atom. The van der Waals surface area contributed by atoms with Crippen LogP contribution in [0.3, 0.4) is 0 Å². The molecule has 6 heteroatoms. The highest BCUT2D eigenvalue weighted by molar-refractivity contribution is 5.97. The lowest BCUT2D eigenvalue weighted by molar-refractivity contribution is -0.120. The molecular weight excluding hydrogens is 258 g/mol. The van der Waals surface area contributed by atoms with Crippen molar-refractivity contribution in [2.75, 3.05) is 31.3 Å². The van der Waals surface area contributed by atoms with Gasteiger partial charge in [0, 0.05) is 18.8 Å². The number of benzene rings is 1. The Morgan fingerprint density at radius 3 is 2.60 bits per heavy atom. The first kappa shape index (κ1) is 15.8. The number of anilines is 2. The molecule has 1 rings (SSSR count). The second-order valence-electron chi connectivity index (χ2n) is 4.85. The lowest BCUT2D eigenvalue weighted by Crippen LogP contribution is -2.39. The summed E-state index contributed by atoms with van der Waals surface area (Å²) in [6.45, 7) is 3.92. The van der Waals surface area contributed by atoms with Crippen LogP contribution in [-0.4, -0.2) is 38.6 Å². The van der Waals surface area contributed by atoms with Gasteiger partial charge in [-0.1, -0.05) is 0 Å². The van der Waals surface area contributed by atoms with Gasteiger partial charge in [-0.3, -0.25) is 4.79 Å². The Kier molecular flexibility index (Phi) is 5.37. The van der Waals surface area contributed by atoms with Crippen LogP contribution in [0.5, 0.6) is 0 Å². The molecule has 0 fully saturated rings. The molecule has 0 radical (unpaired) electrons. The number of nitrogens with two attached hydrogens (primary N) is 1. The summed E-state index contributed by atoms with van der Waals surface area (Å²) in [5, 5.41) is 2.80. The van der Waals surface area contributed by atoms with E-state index in [4.69, 9.17) is 10.5 Å². The van der Waals surface area contributed by atoms with Crippen LogP contribution in [0.15, 0.2) is 18.2 Å². The van der Waals surface area contributed by atoms with Gasteiger partial charge in [0.05, 0.1) is 24.9 Å². The van der Waals surface area contributed by atoms with Crippen molar-refractivity contribution >= 4 is 23.3 Å². The number of rotatable bonds is 5. The van der Waals surface area contributed by atoms with Crippen molar-refractivity contribution in [3.05, 3.63) is 23.8 Å². The molecule has 1 amide bonds. The number of esters is 1. The first-order valence-electron chi connectivity index (χ1n) is 6.33. The van der Waals surface area contributed by atoms with Crippen LogP contribution in [-0.2, 0) is 9.53 Å². The van der Waals surface area contributed by atoms with E-state index in [-0.39, 0.29) is 18.5 Å². The van der Waals surface area contributed by atoms with E-state index >= 15 is 0 Å². The minimum absolute atomic E-state index is 0.0717. The zero-order valence-electron chi connectivity index (χ0n) is 12.3. The summed E-state index contributed by atoms with van der Waals surface area (Å²) in [5.41, 5.74) is 7.09. The molecule has 0 aliphatic heterocycles. The Labute approximate surface area is 118 Å². The SMILES string of the molecule is COC(=O)c1cc(N)ccc1N(C)CC(=O)NC(C)C. The molecule has 1 aromatic carbocycles. The number of amides is 1. The maximum atomic E-state index is 11.8. The normalized spacial score (nSPS) is 10.2. The molecule has 0 unspecified atom stereocenters. The summed E-state index contributed by atoms with van der Waals surface area (Å²) >= 11 is 0. The van der Waals surface area contributed by atoms with Crippen molar-refractivity contribution in [2.24, 2.45) is 0 Å². The van der Waals surface area contributed by atoms with E-state index in [1.54, 1.807) is 24.1 Å². The van der Waals surface area contributed by atoms with Gasteiger partial charge in [-0.05, 0) is 32.0 Å². The molecular formula is C14H21N3O3. The summed E-state index contributed by atoms with van der Waals surface area (Å²) in [7, 11) is 3.04. The summed E-state index contributed by atoms with van der Waals surface area (Å²) in [5.74, 6) is -0.599. The molecule has 3 N–H and O–H groups in total. The van der Waals surface area contributed by atoms with Gasteiger partial charge in [-0.2, -0.15) is 0 Å². The van der Waals surface area contributed by atoms with Crippen molar-refractivity contribution in [1.82, 2.24) is 5.32 Å². The van der Waals surface area contributed by atoms with Gasteiger partial charge in [0.15, 0.2) is 0 Å². The number of hydrogen-bond acceptors (Lipinski definition) is 5. The molecule has 1 aromatic rings. The lowest BCUT2D eigenvalue weighted by atomic mass is 10.1. The van der Waals surface area contributed by atoms with Crippen LogP contribution in [0.4, 0.5) is 11.4 Å². The zero-order chi connectivity index (χ0) is 15.3. The van der Waals surface area contributed by atoms with Crippen LogP contribution in [0, 0.1) is 0 Å². The fourth-order valence-corrected chi connectivity index (χ4v) is 1.83. The number of ether oxygens (including phenoxy) is 1. The largest absolute Gasteiger partial charge is 0.465 e. The van der Waals surface area contributed by atoms with Crippen molar-refractivity contribution in [2.45, 2.75) is 19.9 Å². The molecule has 0 aliphatic rings. The fraction of sp³-hybridized carbons (Fsp3) is 0.429. The fourth-order valence-electron chi connectivity index (χ4n) is 1.83. The predicted octanol–water partition coefficient (Wildman–Crippen LogP) is 1.02. The van der Waals surface area contributed by atoms with Crippen molar-refractivity contribution in [3.8, 4) is 0 Å². The third-order valence-electron chi connectivity index (χ3n) is 2.67.